The second-order valence-corrected chi connectivity index (χ2v) is 4.22. The molecule has 0 saturated heterocycles. The molecule has 3 rings (SSSR count). The maximum absolute atomic E-state index is 11.7. The molecule has 90 valence electrons. The topological polar surface area (TPSA) is 97.1 Å². The third kappa shape index (κ3) is 1.32. The summed E-state index contributed by atoms with van der Waals surface area (Å²) in [6.07, 6.45) is 1.33. The summed E-state index contributed by atoms with van der Waals surface area (Å²) in [5, 5.41) is 0.907. The Morgan fingerprint density at radius 2 is 2.11 bits per heavy atom. The van der Waals surface area contributed by atoms with E-state index < -0.39 is 5.91 Å². The van der Waals surface area contributed by atoms with Crippen LogP contribution in [0.4, 0.5) is 5.69 Å². The van der Waals surface area contributed by atoms with Gasteiger partial charge in [-0.1, -0.05) is 11.6 Å². The third-order valence-corrected chi connectivity index (χ3v) is 3.09. The van der Waals surface area contributed by atoms with Gasteiger partial charge in [-0.3, -0.25) is 25.4 Å². The summed E-state index contributed by atoms with van der Waals surface area (Å²) in [6.45, 7) is 0. The van der Waals surface area contributed by atoms with Gasteiger partial charge in [-0.05, 0) is 12.1 Å². The molecule has 0 bridgehead atoms. The van der Waals surface area contributed by atoms with E-state index in [1.807, 2.05) is 0 Å². The number of carbonyl (C=O) groups is 2. The Hall–Kier alpha value is -2.34. The fourth-order valence-corrected chi connectivity index (χ4v) is 2.17. The fourth-order valence-electron chi connectivity index (χ4n) is 1.97. The standard InChI is InChI=1S/C11H7ClN4O2/c12-6-2-1-4-7-8(15-16-11(4)18)5(10(13)17)3-14-9(6)7/h1-3,15H,(H2,13,17)(H,16,18). The second kappa shape index (κ2) is 3.58. The molecule has 0 radical (unpaired) electrons. The van der Waals surface area contributed by atoms with Crippen LogP contribution < -0.4 is 16.6 Å². The van der Waals surface area contributed by atoms with E-state index in [4.69, 9.17) is 17.3 Å². The van der Waals surface area contributed by atoms with Crippen LogP contribution in [0.1, 0.15) is 20.7 Å². The van der Waals surface area contributed by atoms with E-state index in [0.29, 0.717) is 27.2 Å². The van der Waals surface area contributed by atoms with Gasteiger partial charge in [0, 0.05) is 11.6 Å². The summed E-state index contributed by atoms with van der Waals surface area (Å²) in [6, 6.07) is 3.17. The number of hydrogen-bond acceptors (Lipinski definition) is 4. The number of pyridine rings is 1. The van der Waals surface area contributed by atoms with Crippen LogP contribution in [0.2, 0.25) is 5.02 Å². The Kier molecular flexibility index (Phi) is 2.14. The van der Waals surface area contributed by atoms with E-state index in [2.05, 4.69) is 15.8 Å². The van der Waals surface area contributed by atoms with Gasteiger partial charge in [-0.2, -0.15) is 0 Å². The lowest BCUT2D eigenvalue weighted by molar-refractivity contribution is 0.0957. The molecule has 2 amide bonds. The molecular weight excluding hydrogens is 256 g/mol. The summed E-state index contributed by atoms with van der Waals surface area (Å²) in [5.41, 5.74) is 11.8. The first kappa shape index (κ1) is 10.8. The van der Waals surface area contributed by atoms with Crippen molar-refractivity contribution in [1.82, 2.24) is 10.4 Å². The first-order valence-electron chi connectivity index (χ1n) is 5.07. The van der Waals surface area contributed by atoms with E-state index in [-0.39, 0.29) is 11.5 Å². The van der Waals surface area contributed by atoms with Gasteiger partial charge in [0.25, 0.3) is 11.8 Å². The number of halogens is 1. The summed E-state index contributed by atoms with van der Waals surface area (Å²) in [4.78, 5) is 27.1. The van der Waals surface area contributed by atoms with Crippen molar-refractivity contribution in [1.29, 1.82) is 0 Å². The minimum Gasteiger partial charge on any atom is -0.365 e. The summed E-state index contributed by atoms with van der Waals surface area (Å²) < 4.78 is 0. The normalized spacial score (nSPS) is 13.1. The molecule has 18 heavy (non-hydrogen) atoms. The first-order valence-corrected chi connectivity index (χ1v) is 5.45. The van der Waals surface area contributed by atoms with Gasteiger partial charge in [0.15, 0.2) is 0 Å². The number of aromatic nitrogens is 1. The van der Waals surface area contributed by atoms with Gasteiger partial charge in [0.05, 0.1) is 27.4 Å². The van der Waals surface area contributed by atoms with Crippen molar-refractivity contribution >= 4 is 40.0 Å². The van der Waals surface area contributed by atoms with Gasteiger partial charge >= 0.3 is 0 Å². The maximum atomic E-state index is 11.7. The number of nitrogens with zero attached hydrogens (tertiary/aromatic N) is 1. The summed E-state index contributed by atoms with van der Waals surface area (Å²) in [7, 11) is 0. The molecule has 0 fully saturated rings. The molecule has 1 aromatic heterocycles. The monoisotopic (exact) mass is 262 g/mol. The molecule has 2 aromatic rings. The average molecular weight is 263 g/mol. The van der Waals surface area contributed by atoms with E-state index in [9.17, 15) is 9.59 Å². The molecule has 1 aromatic carbocycles. The highest BCUT2D eigenvalue weighted by Gasteiger charge is 2.24. The molecule has 6 nitrogen and oxygen atoms in total. The molecule has 1 aliphatic rings. The predicted octanol–water partition coefficient (Wildman–Crippen LogP) is 1.06. The number of hydrazine groups is 1. The van der Waals surface area contributed by atoms with E-state index >= 15 is 0 Å². The number of benzene rings is 1. The SMILES string of the molecule is NC(=O)c1cnc2c(Cl)ccc3c2c1NNC3=O. The van der Waals surface area contributed by atoms with Crippen molar-refractivity contribution in [3.8, 4) is 0 Å². The van der Waals surface area contributed by atoms with Crippen molar-refractivity contribution in [2.24, 2.45) is 5.73 Å². The third-order valence-electron chi connectivity index (χ3n) is 2.78. The number of primary amides is 1. The van der Waals surface area contributed by atoms with Gasteiger partial charge in [0.1, 0.15) is 0 Å². The van der Waals surface area contributed by atoms with Crippen molar-refractivity contribution < 1.29 is 9.59 Å². The zero-order valence-corrected chi connectivity index (χ0v) is 9.71. The lowest BCUT2D eigenvalue weighted by atomic mass is 10.0. The maximum Gasteiger partial charge on any atom is 0.270 e. The van der Waals surface area contributed by atoms with Crippen LogP contribution >= 0.6 is 11.6 Å². The number of nitrogens with two attached hydrogens (primary N) is 1. The smallest absolute Gasteiger partial charge is 0.270 e. The first-order chi connectivity index (χ1) is 8.59. The zero-order chi connectivity index (χ0) is 12.9. The van der Waals surface area contributed by atoms with Gasteiger partial charge < -0.3 is 5.73 Å². The van der Waals surface area contributed by atoms with E-state index in [0.717, 1.165) is 0 Å². The van der Waals surface area contributed by atoms with Crippen LogP contribution in [0, 0.1) is 0 Å². The zero-order valence-electron chi connectivity index (χ0n) is 8.95. The molecule has 0 saturated carbocycles. The molecule has 7 heteroatoms. The number of nitrogens with one attached hydrogen (secondary N) is 2. The van der Waals surface area contributed by atoms with Crippen LogP contribution in [0.3, 0.4) is 0 Å². The van der Waals surface area contributed by atoms with Crippen molar-refractivity contribution in [3.05, 3.63) is 34.5 Å². The Labute approximate surface area is 106 Å². The minimum absolute atomic E-state index is 0.200. The molecule has 1 aliphatic heterocycles. The Morgan fingerprint density at radius 1 is 1.33 bits per heavy atom. The molecule has 0 atom stereocenters. The number of hydrogen-bond donors (Lipinski definition) is 3. The molecular formula is C11H7ClN4O2. The lowest BCUT2D eigenvalue weighted by Crippen LogP contribution is -2.34. The van der Waals surface area contributed by atoms with Gasteiger partial charge in [0.2, 0.25) is 0 Å². The molecule has 0 spiro atoms. The summed E-state index contributed by atoms with van der Waals surface area (Å²) >= 11 is 6.02. The molecule has 4 N–H and O–H groups in total. The van der Waals surface area contributed by atoms with Crippen LogP contribution in [0.15, 0.2) is 18.3 Å². The Bertz CT molecular complexity index is 714. The number of carbonyl (C=O) groups excluding carboxylic acids is 2. The largest absolute Gasteiger partial charge is 0.365 e. The van der Waals surface area contributed by atoms with Gasteiger partial charge in [-0.15, -0.1) is 0 Å². The van der Waals surface area contributed by atoms with Crippen LogP contribution in [0.25, 0.3) is 10.9 Å². The number of anilines is 1. The fraction of sp³-hybridized carbons (Fsp3) is 0. The van der Waals surface area contributed by atoms with Crippen LogP contribution in [0.5, 0.6) is 0 Å². The number of amides is 2. The van der Waals surface area contributed by atoms with Crippen molar-refractivity contribution in [2.75, 3.05) is 5.43 Å². The average Bonchev–Trinajstić information content (AvgIpc) is 2.35. The predicted molar refractivity (Wildman–Crippen MR) is 66.4 cm³/mol. The summed E-state index contributed by atoms with van der Waals surface area (Å²) in [5.74, 6) is -0.943. The van der Waals surface area contributed by atoms with Crippen LogP contribution in [-0.4, -0.2) is 16.8 Å². The second-order valence-electron chi connectivity index (χ2n) is 3.81. The lowest BCUT2D eigenvalue weighted by Gasteiger charge is -2.21. The van der Waals surface area contributed by atoms with Crippen LogP contribution in [-0.2, 0) is 0 Å². The van der Waals surface area contributed by atoms with E-state index in [1.165, 1.54) is 6.20 Å². The molecule has 0 unspecified atom stereocenters. The quantitative estimate of drug-likeness (QED) is 0.716. The highest BCUT2D eigenvalue weighted by Crippen LogP contribution is 2.34. The van der Waals surface area contributed by atoms with Crippen molar-refractivity contribution in [3.63, 3.8) is 0 Å². The highest BCUT2D eigenvalue weighted by molar-refractivity contribution is 6.36. The van der Waals surface area contributed by atoms with Gasteiger partial charge in [-0.25, -0.2) is 0 Å². The molecule has 0 aliphatic carbocycles. The van der Waals surface area contributed by atoms with E-state index in [1.54, 1.807) is 12.1 Å². The minimum atomic E-state index is -0.631. The Morgan fingerprint density at radius 3 is 2.83 bits per heavy atom. The molecule has 2 heterocycles. The van der Waals surface area contributed by atoms with Crippen molar-refractivity contribution in [2.45, 2.75) is 0 Å². The highest BCUT2D eigenvalue weighted by atomic mass is 35.5. The number of rotatable bonds is 1. The Balaban J connectivity index is 2.51.